The SMILES string of the molecule is C[C@@]12CC[C@@H](O)C[C@H]1[C@@H](O)CC1C2CC[C@]2(C)C1CC[C@H]2O. The summed E-state index contributed by atoms with van der Waals surface area (Å²) in [7, 11) is 0. The highest BCUT2D eigenvalue weighted by atomic mass is 16.3. The predicted molar refractivity (Wildman–Crippen MR) is 85.1 cm³/mol. The van der Waals surface area contributed by atoms with Crippen LogP contribution in [0.4, 0.5) is 0 Å². The van der Waals surface area contributed by atoms with Gasteiger partial charge in [0.05, 0.1) is 18.3 Å². The van der Waals surface area contributed by atoms with Crippen LogP contribution in [0.5, 0.6) is 0 Å². The van der Waals surface area contributed by atoms with Gasteiger partial charge < -0.3 is 15.3 Å². The number of hydrogen-bond donors (Lipinski definition) is 3. The molecule has 9 atom stereocenters. The molecule has 0 heterocycles. The van der Waals surface area contributed by atoms with Gasteiger partial charge in [0.1, 0.15) is 0 Å². The Morgan fingerprint density at radius 3 is 2.18 bits per heavy atom. The zero-order chi connectivity index (χ0) is 15.7. The van der Waals surface area contributed by atoms with Gasteiger partial charge in [-0.15, -0.1) is 0 Å². The van der Waals surface area contributed by atoms with Gasteiger partial charge in [-0.05, 0) is 85.9 Å². The Labute approximate surface area is 134 Å². The molecule has 3 nitrogen and oxygen atoms in total. The van der Waals surface area contributed by atoms with E-state index < -0.39 is 0 Å². The van der Waals surface area contributed by atoms with Crippen molar-refractivity contribution in [1.82, 2.24) is 0 Å². The fraction of sp³-hybridized carbons (Fsp3) is 1.00. The quantitative estimate of drug-likeness (QED) is 0.645. The zero-order valence-corrected chi connectivity index (χ0v) is 14.0. The van der Waals surface area contributed by atoms with Crippen LogP contribution < -0.4 is 0 Å². The zero-order valence-electron chi connectivity index (χ0n) is 14.0. The van der Waals surface area contributed by atoms with Crippen molar-refractivity contribution in [3.63, 3.8) is 0 Å². The van der Waals surface area contributed by atoms with Crippen molar-refractivity contribution in [3.8, 4) is 0 Å². The van der Waals surface area contributed by atoms with E-state index in [-0.39, 0.29) is 35.1 Å². The van der Waals surface area contributed by atoms with Crippen molar-refractivity contribution >= 4 is 0 Å². The van der Waals surface area contributed by atoms with Crippen LogP contribution in [-0.4, -0.2) is 33.6 Å². The lowest BCUT2D eigenvalue weighted by Gasteiger charge is -2.61. The third-order valence-electron chi connectivity index (χ3n) is 8.60. The third kappa shape index (κ3) is 1.91. The Morgan fingerprint density at radius 1 is 0.727 bits per heavy atom. The first-order chi connectivity index (χ1) is 10.4. The molecular formula is C19H32O3. The fourth-order valence-corrected chi connectivity index (χ4v) is 7.25. The third-order valence-corrected chi connectivity index (χ3v) is 8.60. The minimum atomic E-state index is -0.263. The fourth-order valence-electron chi connectivity index (χ4n) is 7.25. The highest BCUT2D eigenvalue weighted by Gasteiger charge is 2.61. The summed E-state index contributed by atoms with van der Waals surface area (Å²) in [5, 5.41) is 31.4. The average Bonchev–Trinajstić information content (AvgIpc) is 2.77. The second-order valence-corrected chi connectivity index (χ2v) is 9.36. The number of hydrogen-bond acceptors (Lipinski definition) is 3. The summed E-state index contributed by atoms with van der Waals surface area (Å²) in [6.07, 6.45) is 7.42. The molecule has 22 heavy (non-hydrogen) atoms. The monoisotopic (exact) mass is 308 g/mol. The molecule has 4 fully saturated rings. The molecule has 0 amide bonds. The second kappa shape index (κ2) is 4.94. The van der Waals surface area contributed by atoms with E-state index in [4.69, 9.17) is 0 Å². The molecule has 4 aliphatic carbocycles. The van der Waals surface area contributed by atoms with Gasteiger partial charge in [-0.1, -0.05) is 13.8 Å². The van der Waals surface area contributed by atoms with Crippen LogP contribution in [0.2, 0.25) is 0 Å². The normalized spacial score (nSPS) is 61.2. The molecule has 0 radical (unpaired) electrons. The number of aliphatic hydroxyl groups is 3. The van der Waals surface area contributed by atoms with E-state index >= 15 is 0 Å². The van der Waals surface area contributed by atoms with Gasteiger partial charge in [-0.3, -0.25) is 0 Å². The van der Waals surface area contributed by atoms with Crippen LogP contribution >= 0.6 is 0 Å². The first-order valence-electron chi connectivity index (χ1n) is 9.40. The molecule has 4 aliphatic rings. The van der Waals surface area contributed by atoms with Gasteiger partial charge >= 0.3 is 0 Å². The molecule has 0 aromatic carbocycles. The smallest absolute Gasteiger partial charge is 0.0596 e. The topological polar surface area (TPSA) is 60.7 Å². The van der Waals surface area contributed by atoms with Crippen molar-refractivity contribution in [1.29, 1.82) is 0 Å². The first-order valence-corrected chi connectivity index (χ1v) is 9.40. The van der Waals surface area contributed by atoms with Gasteiger partial charge in [0.2, 0.25) is 0 Å². The average molecular weight is 308 g/mol. The van der Waals surface area contributed by atoms with Gasteiger partial charge in [0.25, 0.3) is 0 Å². The second-order valence-electron chi connectivity index (χ2n) is 9.36. The van der Waals surface area contributed by atoms with Gasteiger partial charge in [-0.2, -0.15) is 0 Å². The maximum atomic E-state index is 10.8. The molecule has 4 saturated carbocycles. The minimum Gasteiger partial charge on any atom is -0.393 e. The largest absolute Gasteiger partial charge is 0.393 e. The summed E-state index contributed by atoms with van der Waals surface area (Å²) < 4.78 is 0. The predicted octanol–water partition coefficient (Wildman–Crippen LogP) is 2.72. The molecule has 3 heteroatoms. The Morgan fingerprint density at radius 2 is 1.41 bits per heavy atom. The molecule has 126 valence electrons. The van der Waals surface area contributed by atoms with E-state index in [1.165, 1.54) is 6.42 Å². The Bertz CT molecular complexity index is 452. The lowest BCUT2D eigenvalue weighted by atomic mass is 9.44. The maximum absolute atomic E-state index is 10.8. The van der Waals surface area contributed by atoms with Crippen LogP contribution in [0, 0.1) is 34.5 Å². The lowest BCUT2D eigenvalue weighted by Crippen LogP contribution is -2.58. The standard InChI is InChI=1S/C19H32O3/c1-18-7-5-11(20)9-15(18)16(21)10-12-13-3-4-17(22)19(13,2)8-6-14(12)18/h11-17,20-22H,3-10H2,1-2H3/t11-,12?,13?,14?,15+,16+,17-,18+,19-/m1/s1. The molecule has 0 saturated heterocycles. The van der Waals surface area contributed by atoms with Crippen LogP contribution in [0.3, 0.4) is 0 Å². The summed E-state index contributed by atoms with van der Waals surface area (Å²) in [6, 6.07) is 0. The summed E-state index contributed by atoms with van der Waals surface area (Å²) in [6.45, 7) is 4.68. The van der Waals surface area contributed by atoms with Crippen molar-refractivity contribution in [2.75, 3.05) is 0 Å². The van der Waals surface area contributed by atoms with Crippen molar-refractivity contribution in [2.45, 2.75) is 83.5 Å². The number of aliphatic hydroxyl groups excluding tert-OH is 3. The number of rotatable bonds is 0. The molecule has 3 N–H and O–H groups in total. The molecule has 0 aliphatic heterocycles. The highest BCUT2D eigenvalue weighted by molar-refractivity contribution is 5.11. The van der Waals surface area contributed by atoms with Crippen molar-refractivity contribution in [2.24, 2.45) is 34.5 Å². The van der Waals surface area contributed by atoms with Crippen LogP contribution in [0.1, 0.15) is 65.2 Å². The highest BCUT2D eigenvalue weighted by Crippen LogP contribution is 2.66. The minimum absolute atomic E-state index is 0.0816. The molecule has 4 rings (SSSR count). The van der Waals surface area contributed by atoms with Gasteiger partial charge in [0, 0.05) is 0 Å². The molecule has 0 bridgehead atoms. The lowest BCUT2D eigenvalue weighted by molar-refractivity contribution is -0.174. The van der Waals surface area contributed by atoms with Crippen LogP contribution in [-0.2, 0) is 0 Å². The Kier molecular flexibility index (Phi) is 3.46. The van der Waals surface area contributed by atoms with E-state index in [1.54, 1.807) is 0 Å². The summed E-state index contributed by atoms with van der Waals surface area (Å²) in [5.74, 6) is 2.10. The molecule has 3 unspecified atom stereocenters. The van der Waals surface area contributed by atoms with E-state index in [1.807, 2.05) is 0 Å². The summed E-state index contributed by atoms with van der Waals surface area (Å²) in [5.41, 5.74) is 0.273. The first kappa shape index (κ1) is 15.4. The van der Waals surface area contributed by atoms with Crippen molar-refractivity contribution < 1.29 is 15.3 Å². The van der Waals surface area contributed by atoms with E-state index in [2.05, 4.69) is 13.8 Å². The maximum Gasteiger partial charge on any atom is 0.0596 e. The molecule has 0 spiro atoms. The van der Waals surface area contributed by atoms with Gasteiger partial charge in [0.15, 0.2) is 0 Å². The van der Waals surface area contributed by atoms with E-state index in [0.29, 0.717) is 17.8 Å². The molecular weight excluding hydrogens is 276 g/mol. The van der Waals surface area contributed by atoms with Gasteiger partial charge in [-0.25, -0.2) is 0 Å². The van der Waals surface area contributed by atoms with Crippen molar-refractivity contribution in [3.05, 3.63) is 0 Å². The van der Waals surface area contributed by atoms with Crippen LogP contribution in [0.15, 0.2) is 0 Å². The number of fused-ring (bicyclic) bond motifs is 5. The van der Waals surface area contributed by atoms with Crippen LogP contribution in [0.25, 0.3) is 0 Å². The summed E-state index contributed by atoms with van der Waals surface area (Å²) in [4.78, 5) is 0. The molecule has 0 aromatic heterocycles. The van der Waals surface area contributed by atoms with E-state index in [9.17, 15) is 15.3 Å². The Hall–Kier alpha value is -0.120. The Balaban J connectivity index is 1.66. The van der Waals surface area contributed by atoms with E-state index in [0.717, 1.165) is 44.9 Å². The molecule has 0 aromatic rings. The summed E-state index contributed by atoms with van der Waals surface area (Å²) >= 11 is 0.